The molecular formula is C23H24ClN7O4S. The van der Waals surface area contributed by atoms with Gasteiger partial charge in [0.1, 0.15) is 16.7 Å². The first-order valence-corrected chi connectivity index (χ1v) is 13.0. The third-order valence-electron chi connectivity index (χ3n) is 5.85. The molecule has 0 saturated heterocycles. The van der Waals surface area contributed by atoms with E-state index in [1.165, 1.54) is 32.8 Å². The van der Waals surface area contributed by atoms with E-state index in [-0.39, 0.29) is 16.9 Å². The van der Waals surface area contributed by atoms with Gasteiger partial charge in [0.15, 0.2) is 27.2 Å². The van der Waals surface area contributed by atoms with Crippen LogP contribution in [0.25, 0.3) is 17.1 Å². The Kier molecular flexibility index (Phi) is 7.45. The van der Waals surface area contributed by atoms with E-state index in [9.17, 15) is 8.42 Å². The van der Waals surface area contributed by atoms with Gasteiger partial charge < -0.3 is 9.47 Å². The van der Waals surface area contributed by atoms with Crippen molar-refractivity contribution in [2.24, 2.45) is 0 Å². The summed E-state index contributed by atoms with van der Waals surface area (Å²) in [6.07, 6.45) is 7.64. The molecule has 188 valence electrons. The summed E-state index contributed by atoms with van der Waals surface area (Å²) in [5.41, 5.74) is 1.52. The summed E-state index contributed by atoms with van der Waals surface area (Å²) in [7, 11) is -0.786. The molecule has 4 aromatic rings. The standard InChI is InChI=1S/C23H24ClN7O4S/c1-14(17-11-28-19(24)12-27-17)15(2)36(32,33)13-20-29-30-22(16-6-5-8-25-10-16)31(20)21-18(34-3)7-9-26-23(21)35-4/h5-12,14-15H,13H2,1-4H3/t14-,15-/m1/s1. The minimum Gasteiger partial charge on any atom is -0.494 e. The maximum absolute atomic E-state index is 13.6. The van der Waals surface area contributed by atoms with E-state index < -0.39 is 26.8 Å². The number of rotatable bonds is 9. The van der Waals surface area contributed by atoms with Gasteiger partial charge in [0.05, 0.1) is 37.6 Å². The van der Waals surface area contributed by atoms with Crippen LogP contribution in [0, 0.1) is 0 Å². The van der Waals surface area contributed by atoms with Crippen molar-refractivity contribution in [3.05, 3.63) is 65.9 Å². The van der Waals surface area contributed by atoms with Crippen LogP contribution in [-0.2, 0) is 15.6 Å². The molecule has 0 aliphatic carbocycles. The Hall–Kier alpha value is -3.64. The summed E-state index contributed by atoms with van der Waals surface area (Å²) in [6.45, 7) is 3.41. The monoisotopic (exact) mass is 529 g/mol. The van der Waals surface area contributed by atoms with Crippen LogP contribution < -0.4 is 9.47 Å². The SMILES string of the molecule is COc1ccnc(OC)c1-n1c(CS(=O)(=O)[C@H](C)[C@@H](C)c2cnc(Cl)cn2)nnc1-c1cccnc1. The van der Waals surface area contributed by atoms with Crippen LogP contribution in [0.4, 0.5) is 0 Å². The smallest absolute Gasteiger partial charge is 0.242 e. The van der Waals surface area contributed by atoms with Crippen molar-refractivity contribution in [1.29, 1.82) is 0 Å². The highest BCUT2D eigenvalue weighted by Gasteiger charge is 2.32. The van der Waals surface area contributed by atoms with Crippen LogP contribution in [0.3, 0.4) is 0 Å². The Morgan fingerprint density at radius 2 is 1.81 bits per heavy atom. The fraction of sp³-hybridized carbons (Fsp3) is 0.304. The van der Waals surface area contributed by atoms with Gasteiger partial charge in [-0.25, -0.2) is 18.4 Å². The maximum atomic E-state index is 13.6. The molecule has 0 saturated carbocycles. The second kappa shape index (κ2) is 10.5. The molecule has 4 rings (SSSR count). The lowest BCUT2D eigenvalue weighted by molar-refractivity contribution is 0.379. The van der Waals surface area contributed by atoms with Crippen molar-refractivity contribution in [3.8, 4) is 28.7 Å². The summed E-state index contributed by atoms with van der Waals surface area (Å²) >= 11 is 5.83. The molecule has 0 bridgehead atoms. The normalized spacial score (nSPS) is 13.2. The lowest BCUT2D eigenvalue weighted by Crippen LogP contribution is -2.27. The number of sulfone groups is 1. The van der Waals surface area contributed by atoms with Gasteiger partial charge in [-0.2, -0.15) is 0 Å². The van der Waals surface area contributed by atoms with Crippen LogP contribution >= 0.6 is 11.6 Å². The lowest BCUT2D eigenvalue weighted by Gasteiger charge is -2.20. The summed E-state index contributed by atoms with van der Waals surface area (Å²) in [4.78, 5) is 16.7. The minimum atomic E-state index is -3.75. The van der Waals surface area contributed by atoms with Crippen molar-refractivity contribution in [2.75, 3.05) is 14.2 Å². The predicted molar refractivity (Wildman–Crippen MR) is 133 cm³/mol. The number of hydrogen-bond donors (Lipinski definition) is 0. The Morgan fingerprint density at radius 3 is 2.44 bits per heavy atom. The Balaban J connectivity index is 1.81. The zero-order valence-electron chi connectivity index (χ0n) is 20.0. The molecule has 0 aromatic carbocycles. The molecule has 0 unspecified atom stereocenters. The van der Waals surface area contributed by atoms with Gasteiger partial charge in [0.2, 0.25) is 5.88 Å². The van der Waals surface area contributed by atoms with Crippen molar-refractivity contribution >= 4 is 21.4 Å². The van der Waals surface area contributed by atoms with Crippen molar-refractivity contribution < 1.29 is 17.9 Å². The largest absolute Gasteiger partial charge is 0.494 e. The number of hydrogen-bond acceptors (Lipinski definition) is 10. The van der Waals surface area contributed by atoms with E-state index in [1.54, 1.807) is 49.0 Å². The molecular weight excluding hydrogens is 506 g/mol. The number of nitrogens with zero attached hydrogens (tertiary/aromatic N) is 7. The summed E-state index contributed by atoms with van der Waals surface area (Å²) < 4.78 is 39.8. The molecule has 11 nitrogen and oxygen atoms in total. The lowest BCUT2D eigenvalue weighted by atomic mass is 10.1. The number of ether oxygens (including phenoxy) is 2. The third kappa shape index (κ3) is 5.00. The zero-order valence-corrected chi connectivity index (χ0v) is 21.6. The van der Waals surface area contributed by atoms with Gasteiger partial charge in [-0.1, -0.05) is 18.5 Å². The van der Waals surface area contributed by atoms with E-state index in [2.05, 4.69) is 30.1 Å². The van der Waals surface area contributed by atoms with Gasteiger partial charge in [-0.15, -0.1) is 10.2 Å². The van der Waals surface area contributed by atoms with Gasteiger partial charge >= 0.3 is 0 Å². The second-order valence-electron chi connectivity index (χ2n) is 7.95. The van der Waals surface area contributed by atoms with Crippen LogP contribution in [0.5, 0.6) is 11.6 Å². The van der Waals surface area contributed by atoms with Crippen molar-refractivity contribution in [2.45, 2.75) is 30.8 Å². The summed E-state index contributed by atoms with van der Waals surface area (Å²) in [5, 5.41) is 7.98. The van der Waals surface area contributed by atoms with E-state index >= 15 is 0 Å². The van der Waals surface area contributed by atoms with Crippen molar-refractivity contribution in [3.63, 3.8) is 0 Å². The summed E-state index contributed by atoms with van der Waals surface area (Å²) in [5.74, 6) is 0.297. The highest BCUT2D eigenvalue weighted by molar-refractivity contribution is 7.91. The highest BCUT2D eigenvalue weighted by Crippen LogP contribution is 2.35. The summed E-state index contributed by atoms with van der Waals surface area (Å²) in [6, 6.07) is 5.19. The molecule has 13 heteroatoms. The first-order valence-electron chi connectivity index (χ1n) is 10.9. The number of halogens is 1. The highest BCUT2D eigenvalue weighted by atomic mass is 35.5. The first kappa shape index (κ1) is 25.5. The molecule has 36 heavy (non-hydrogen) atoms. The zero-order chi connectivity index (χ0) is 25.9. The molecule has 4 heterocycles. The first-order chi connectivity index (χ1) is 17.3. The fourth-order valence-corrected chi connectivity index (χ4v) is 5.35. The molecule has 0 spiro atoms. The van der Waals surface area contributed by atoms with Gasteiger partial charge in [-0.05, 0) is 19.1 Å². The fourth-order valence-electron chi connectivity index (χ4n) is 3.69. The molecule has 0 aliphatic heterocycles. The van der Waals surface area contributed by atoms with E-state index in [1.807, 2.05) is 0 Å². The Bertz CT molecular complexity index is 1430. The Labute approximate surface area is 213 Å². The Morgan fingerprint density at radius 1 is 1.00 bits per heavy atom. The van der Waals surface area contributed by atoms with Crippen LogP contribution in [-0.4, -0.2) is 62.6 Å². The second-order valence-corrected chi connectivity index (χ2v) is 10.7. The number of aromatic nitrogens is 7. The van der Waals surface area contributed by atoms with E-state index in [4.69, 9.17) is 21.1 Å². The molecule has 0 fully saturated rings. The predicted octanol–water partition coefficient (Wildman–Crippen LogP) is 3.29. The van der Waals surface area contributed by atoms with Gasteiger partial charge in [0, 0.05) is 36.1 Å². The van der Waals surface area contributed by atoms with E-state index in [0.29, 0.717) is 28.5 Å². The molecule has 0 radical (unpaired) electrons. The number of pyridine rings is 2. The average Bonchev–Trinajstić information content (AvgIpc) is 3.30. The number of methoxy groups -OCH3 is 2. The molecule has 0 aliphatic rings. The third-order valence-corrected chi connectivity index (χ3v) is 8.24. The van der Waals surface area contributed by atoms with Gasteiger partial charge in [-0.3, -0.25) is 14.5 Å². The average molecular weight is 530 g/mol. The van der Waals surface area contributed by atoms with Crippen LogP contribution in [0.15, 0.2) is 49.2 Å². The van der Waals surface area contributed by atoms with Gasteiger partial charge in [0.25, 0.3) is 0 Å². The molecule has 4 aromatic heterocycles. The van der Waals surface area contributed by atoms with Crippen LogP contribution in [0.2, 0.25) is 5.15 Å². The molecule has 2 atom stereocenters. The van der Waals surface area contributed by atoms with E-state index in [0.717, 1.165) is 0 Å². The quantitative estimate of drug-likeness (QED) is 0.317. The van der Waals surface area contributed by atoms with Crippen LogP contribution in [0.1, 0.15) is 31.3 Å². The maximum Gasteiger partial charge on any atom is 0.242 e. The molecule has 0 amide bonds. The van der Waals surface area contributed by atoms with Crippen molar-refractivity contribution in [1.82, 2.24) is 34.7 Å². The minimum absolute atomic E-state index is 0.166. The topological polar surface area (TPSA) is 135 Å². The molecule has 0 N–H and O–H groups in total.